The molecule has 0 aromatic heterocycles. The van der Waals surface area contributed by atoms with Crippen molar-refractivity contribution in [2.45, 2.75) is 26.0 Å². The predicted molar refractivity (Wildman–Crippen MR) is 109 cm³/mol. The van der Waals surface area contributed by atoms with E-state index >= 15 is 0 Å². The number of carbonyl (C=O) groups excluding carboxylic acids is 1. The lowest BCUT2D eigenvalue weighted by Gasteiger charge is -2.20. The van der Waals surface area contributed by atoms with Gasteiger partial charge in [-0.25, -0.2) is 8.42 Å². The van der Waals surface area contributed by atoms with Gasteiger partial charge in [-0.3, -0.25) is 9.10 Å². The van der Waals surface area contributed by atoms with Gasteiger partial charge in [0, 0.05) is 7.05 Å². The van der Waals surface area contributed by atoms with Crippen LogP contribution in [0.1, 0.15) is 25.5 Å². The highest BCUT2D eigenvalue weighted by Crippen LogP contribution is 2.21. The summed E-state index contributed by atoms with van der Waals surface area (Å²) in [5, 5.41) is 2.91. The normalized spacial score (nSPS) is 13.3. The zero-order chi connectivity index (χ0) is 20.9. The van der Waals surface area contributed by atoms with Crippen molar-refractivity contribution in [2.75, 3.05) is 24.7 Å². The van der Waals surface area contributed by atoms with Crippen LogP contribution in [0.3, 0.4) is 0 Å². The van der Waals surface area contributed by atoms with Gasteiger partial charge in [0.05, 0.1) is 25.1 Å². The summed E-state index contributed by atoms with van der Waals surface area (Å²) in [4.78, 5) is 12.4. The number of nitrogens with one attached hydrogen (secondary N) is 1. The minimum Gasteiger partial charge on any atom is -0.497 e. The van der Waals surface area contributed by atoms with E-state index in [0.717, 1.165) is 17.6 Å². The lowest BCUT2D eigenvalue weighted by Crippen LogP contribution is -2.37. The maximum atomic E-state index is 12.4. The number of anilines is 1. The molecule has 0 bridgehead atoms. The van der Waals surface area contributed by atoms with Crippen molar-refractivity contribution in [2.24, 2.45) is 0 Å². The monoisotopic (exact) mass is 406 g/mol. The second-order valence-electron chi connectivity index (χ2n) is 6.49. The van der Waals surface area contributed by atoms with Gasteiger partial charge in [0.2, 0.25) is 10.0 Å². The number of nitrogens with zero attached hydrogens (tertiary/aromatic N) is 1. The summed E-state index contributed by atoms with van der Waals surface area (Å²) in [7, 11) is -0.253. The van der Waals surface area contributed by atoms with Gasteiger partial charge in [-0.15, -0.1) is 0 Å². The molecule has 2 aromatic carbocycles. The smallest absolute Gasteiger partial charge is 0.261 e. The summed E-state index contributed by atoms with van der Waals surface area (Å²) in [5.74, 6) is 0.981. The first-order chi connectivity index (χ1) is 13.1. The fourth-order valence-corrected chi connectivity index (χ4v) is 3.00. The molecule has 0 saturated heterocycles. The Hall–Kier alpha value is -2.74. The quantitative estimate of drug-likeness (QED) is 0.729. The average Bonchev–Trinajstić information content (AvgIpc) is 2.67. The number of ether oxygens (including phenoxy) is 2. The molecule has 0 radical (unpaired) electrons. The van der Waals surface area contributed by atoms with Crippen molar-refractivity contribution < 1.29 is 22.7 Å². The van der Waals surface area contributed by atoms with E-state index < -0.39 is 16.1 Å². The van der Waals surface area contributed by atoms with Crippen molar-refractivity contribution >= 4 is 21.6 Å². The van der Waals surface area contributed by atoms with Gasteiger partial charge in [0.1, 0.15) is 11.5 Å². The maximum Gasteiger partial charge on any atom is 0.261 e. The van der Waals surface area contributed by atoms with Crippen molar-refractivity contribution in [1.29, 1.82) is 0 Å². The highest BCUT2D eigenvalue weighted by Gasteiger charge is 2.18. The topological polar surface area (TPSA) is 84.9 Å². The molecule has 0 fully saturated rings. The highest BCUT2D eigenvalue weighted by molar-refractivity contribution is 7.92. The van der Waals surface area contributed by atoms with Crippen LogP contribution in [-0.4, -0.2) is 40.8 Å². The van der Waals surface area contributed by atoms with Crippen LogP contribution >= 0.6 is 0 Å². The van der Waals surface area contributed by atoms with E-state index in [1.165, 1.54) is 11.4 Å². The standard InChI is InChI=1S/C20H26N2O5S/c1-14(16-6-10-18(26-4)11-7-16)21-20(23)15(2)27-19-12-8-17(9-13-19)22(3)28(5,24)25/h6-15H,1-5H3,(H,21,23)/t14-,15+/m1/s1. The molecule has 28 heavy (non-hydrogen) atoms. The van der Waals surface area contributed by atoms with Gasteiger partial charge in [0.15, 0.2) is 6.10 Å². The zero-order valence-electron chi connectivity index (χ0n) is 16.7. The van der Waals surface area contributed by atoms with E-state index in [2.05, 4.69) is 5.32 Å². The minimum absolute atomic E-state index is 0.185. The summed E-state index contributed by atoms with van der Waals surface area (Å²) >= 11 is 0. The number of hydrogen-bond acceptors (Lipinski definition) is 5. The summed E-state index contributed by atoms with van der Waals surface area (Å²) in [5.41, 5.74) is 1.47. The van der Waals surface area contributed by atoms with Crippen molar-refractivity contribution in [3.05, 3.63) is 54.1 Å². The molecular formula is C20H26N2O5S. The molecule has 7 nitrogen and oxygen atoms in total. The first-order valence-corrected chi connectivity index (χ1v) is 10.6. The number of benzene rings is 2. The van der Waals surface area contributed by atoms with Gasteiger partial charge in [-0.2, -0.15) is 0 Å². The Balaban J connectivity index is 1.96. The Bertz CT molecular complexity index is 895. The summed E-state index contributed by atoms with van der Waals surface area (Å²) < 4.78 is 35.1. The molecule has 0 saturated carbocycles. The van der Waals surface area contributed by atoms with Crippen LogP contribution in [0.25, 0.3) is 0 Å². The van der Waals surface area contributed by atoms with E-state index in [4.69, 9.17) is 9.47 Å². The van der Waals surface area contributed by atoms with Gasteiger partial charge in [0.25, 0.3) is 5.91 Å². The Morgan fingerprint density at radius 1 is 1.00 bits per heavy atom. The molecule has 0 aliphatic rings. The molecule has 0 unspecified atom stereocenters. The minimum atomic E-state index is -3.33. The molecular weight excluding hydrogens is 380 g/mol. The van der Waals surface area contributed by atoms with Gasteiger partial charge in [-0.05, 0) is 55.8 Å². The molecule has 0 spiro atoms. The third-order valence-corrected chi connectivity index (χ3v) is 5.56. The van der Waals surface area contributed by atoms with Crippen LogP contribution in [0.5, 0.6) is 11.5 Å². The Labute approximate surface area is 166 Å². The lowest BCUT2D eigenvalue weighted by molar-refractivity contribution is -0.127. The van der Waals surface area contributed by atoms with Crippen LogP contribution in [0.4, 0.5) is 5.69 Å². The van der Waals surface area contributed by atoms with E-state index in [1.807, 2.05) is 31.2 Å². The molecule has 1 amide bonds. The number of hydrogen-bond donors (Lipinski definition) is 1. The van der Waals surface area contributed by atoms with E-state index in [9.17, 15) is 13.2 Å². The number of carbonyl (C=O) groups is 1. The summed E-state index contributed by atoms with van der Waals surface area (Å²) in [6.07, 6.45) is 0.424. The molecule has 152 valence electrons. The average molecular weight is 407 g/mol. The number of rotatable bonds is 8. The molecule has 2 rings (SSSR count). The largest absolute Gasteiger partial charge is 0.497 e. The first kappa shape index (κ1) is 21.6. The van der Waals surface area contributed by atoms with Gasteiger partial charge < -0.3 is 14.8 Å². The number of amides is 1. The van der Waals surface area contributed by atoms with Crippen LogP contribution in [-0.2, 0) is 14.8 Å². The van der Waals surface area contributed by atoms with E-state index in [1.54, 1.807) is 38.3 Å². The second kappa shape index (κ2) is 8.97. The first-order valence-electron chi connectivity index (χ1n) is 8.76. The molecule has 8 heteroatoms. The van der Waals surface area contributed by atoms with Crippen LogP contribution in [0, 0.1) is 0 Å². The third kappa shape index (κ3) is 5.63. The van der Waals surface area contributed by atoms with Gasteiger partial charge >= 0.3 is 0 Å². The van der Waals surface area contributed by atoms with E-state index in [0.29, 0.717) is 11.4 Å². The molecule has 0 aliphatic heterocycles. The predicted octanol–water partition coefficient (Wildman–Crippen LogP) is 2.74. The number of methoxy groups -OCH3 is 1. The van der Waals surface area contributed by atoms with E-state index in [-0.39, 0.29) is 11.9 Å². The SMILES string of the molecule is COc1ccc([C@@H](C)NC(=O)[C@H](C)Oc2ccc(N(C)S(C)(=O)=O)cc2)cc1. The van der Waals surface area contributed by atoms with Crippen molar-refractivity contribution in [3.8, 4) is 11.5 Å². The maximum absolute atomic E-state index is 12.4. The molecule has 0 heterocycles. The van der Waals surface area contributed by atoms with Crippen LogP contribution < -0.4 is 19.1 Å². The Morgan fingerprint density at radius 3 is 2.04 bits per heavy atom. The van der Waals surface area contributed by atoms with Gasteiger partial charge in [-0.1, -0.05) is 12.1 Å². The number of sulfonamides is 1. The Kier molecular flexibility index (Phi) is 6.90. The fraction of sp³-hybridized carbons (Fsp3) is 0.350. The molecule has 2 atom stereocenters. The van der Waals surface area contributed by atoms with Crippen LogP contribution in [0.2, 0.25) is 0 Å². The third-order valence-electron chi connectivity index (χ3n) is 4.35. The van der Waals surface area contributed by atoms with Crippen molar-refractivity contribution in [1.82, 2.24) is 5.32 Å². The Morgan fingerprint density at radius 2 is 1.54 bits per heavy atom. The zero-order valence-corrected chi connectivity index (χ0v) is 17.5. The summed E-state index contributed by atoms with van der Waals surface area (Å²) in [6.45, 7) is 3.55. The second-order valence-corrected chi connectivity index (χ2v) is 8.50. The molecule has 2 aromatic rings. The van der Waals surface area contributed by atoms with Crippen LogP contribution in [0.15, 0.2) is 48.5 Å². The highest BCUT2D eigenvalue weighted by atomic mass is 32.2. The summed E-state index contributed by atoms with van der Waals surface area (Å²) in [6, 6.07) is 13.8. The molecule has 1 N–H and O–H groups in total. The lowest BCUT2D eigenvalue weighted by atomic mass is 10.1. The fourth-order valence-electron chi connectivity index (χ4n) is 2.49. The molecule has 0 aliphatic carbocycles. The van der Waals surface area contributed by atoms with Crippen molar-refractivity contribution in [3.63, 3.8) is 0 Å².